The highest BCUT2D eigenvalue weighted by atomic mass is 15.2. The summed E-state index contributed by atoms with van der Waals surface area (Å²) in [5.74, 6) is 1.15. The number of benzene rings is 1. The van der Waals surface area contributed by atoms with Crippen molar-refractivity contribution in [2.24, 2.45) is 0 Å². The summed E-state index contributed by atoms with van der Waals surface area (Å²) in [6.07, 6.45) is 7.20. The lowest BCUT2D eigenvalue weighted by Crippen LogP contribution is -2.25. The number of rotatable bonds is 3. The van der Waals surface area contributed by atoms with Gasteiger partial charge in [-0.2, -0.15) is 0 Å². The molecule has 1 N–H and O–H groups in total. The SMILES string of the molecule is CC(C)Nc1ccc2ccnc(N3CCCCCC3)c2c1. The number of fused-ring (bicyclic) bond motifs is 1. The van der Waals surface area contributed by atoms with E-state index in [2.05, 4.69) is 48.3 Å². The monoisotopic (exact) mass is 283 g/mol. The van der Waals surface area contributed by atoms with Crippen molar-refractivity contribution < 1.29 is 0 Å². The molecule has 0 radical (unpaired) electrons. The summed E-state index contributed by atoms with van der Waals surface area (Å²) in [5, 5.41) is 6.04. The maximum absolute atomic E-state index is 4.69. The van der Waals surface area contributed by atoms with Gasteiger partial charge in [-0.15, -0.1) is 0 Å². The normalized spacial score (nSPS) is 16.2. The zero-order valence-electron chi connectivity index (χ0n) is 13.1. The van der Waals surface area contributed by atoms with Gasteiger partial charge in [0.15, 0.2) is 0 Å². The number of pyridine rings is 1. The molecule has 3 heteroatoms. The molecule has 1 aromatic heterocycles. The minimum absolute atomic E-state index is 0.445. The molecule has 112 valence electrons. The Kier molecular flexibility index (Phi) is 4.28. The Labute approximate surface area is 127 Å². The lowest BCUT2D eigenvalue weighted by molar-refractivity contribution is 0.726. The van der Waals surface area contributed by atoms with E-state index in [0.717, 1.165) is 18.9 Å². The zero-order chi connectivity index (χ0) is 14.7. The van der Waals surface area contributed by atoms with Gasteiger partial charge in [-0.05, 0) is 50.3 Å². The highest BCUT2D eigenvalue weighted by molar-refractivity contribution is 5.94. The van der Waals surface area contributed by atoms with Crippen LogP contribution in [-0.2, 0) is 0 Å². The largest absolute Gasteiger partial charge is 0.383 e. The smallest absolute Gasteiger partial charge is 0.136 e. The first kappa shape index (κ1) is 14.2. The van der Waals surface area contributed by atoms with Gasteiger partial charge in [-0.25, -0.2) is 4.98 Å². The molecule has 0 bridgehead atoms. The van der Waals surface area contributed by atoms with Crippen LogP contribution in [0.25, 0.3) is 10.8 Å². The predicted octanol–water partition coefficient (Wildman–Crippen LogP) is 4.44. The van der Waals surface area contributed by atoms with E-state index in [1.54, 1.807) is 0 Å². The van der Waals surface area contributed by atoms with Crippen molar-refractivity contribution in [2.45, 2.75) is 45.6 Å². The van der Waals surface area contributed by atoms with Crippen LogP contribution < -0.4 is 10.2 Å². The summed E-state index contributed by atoms with van der Waals surface area (Å²) in [6, 6.07) is 9.16. The molecule has 0 amide bonds. The Bertz CT molecular complexity index is 598. The molecule has 21 heavy (non-hydrogen) atoms. The van der Waals surface area contributed by atoms with Crippen molar-refractivity contribution in [3.63, 3.8) is 0 Å². The summed E-state index contributed by atoms with van der Waals surface area (Å²) >= 11 is 0. The molecule has 2 aromatic rings. The molecule has 0 spiro atoms. The zero-order valence-corrected chi connectivity index (χ0v) is 13.1. The van der Waals surface area contributed by atoms with E-state index >= 15 is 0 Å². The summed E-state index contributed by atoms with van der Waals surface area (Å²) < 4.78 is 0. The molecule has 3 rings (SSSR count). The van der Waals surface area contributed by atoms with E-state index in [0.29, 0.717) is 6.04 Å². The van der Waals surface area contributed by atoms with Crippen LogP contribution in [0.4, 0.5) is 11.5 Å². The third-order valence-corrected chi connectivity index (χ3v) is 4.11. The topological polar surface area (TPSA) is 28.2 Å². The highest BCUT2D eigenvalue weighted by Crippen LogP contribution is 2.29. The van der Waals surface area contributed by atoms with Crippen molar-refractivity contribution >= 4 is 22.3 Å². The van der Waals surface area contributed by atoms with Crippen molar-refractivity contribution in [1.82, 2.24) is 4.98 Å². The van der Waals surface area contributed by atoms with Crippen LogP contribution >= 0.6 is 0 Å². The van der Waals surface area contributed by atoms with Crippen LogP contribution in [0, 0.1) is 0 Å². The second-order valence-corrected chi connectivity index (χ2v) is 6.27. The van der Waals surface area contributed by atoms with Gasteiger partial charge in [0.1, 0.15) is 5.82 Å². The molecular formula is C18H25N3. The highest BCUT2D eigenvalue weighted by Gasteiger charge is 2.14. The molecule has 3 nitrogen and oxygen atoms in total. The number of hydrogen-bond acceptors (Lipinski definition) is 3. The average Bonchev–Trinajstić information content (AvgIpc) is 2.75. The minimum Gasteiger partial charge on any atom is -0.383 e. The van der Waals surface area contributed by atoms with E-state index in [-0.39, 0.29) is 0 Å². The molecular weight excluding hydrogens is 258 g/mol. The van der Waals surface area contributed by atoms with Crippen LogP contribution in [-0.4, -0.2) is 24.1 Å². The van der Waals surface area contributed by atoms with Crippen LogP contribution in [0.5, 0.6) is 0 Å². The Balaban J connectivity index is 1.99. The Hall–Kier alpha value is -1.77. The Morgan fingerprint density at radius 1 is 1.05 bits per heavy atom. The van der Waals surface area contributed by atoms with Crippen LogP contribution in [0.2, 0.25) is 0 Å². The summed E-state index contributed by atoms with van der Waals surface area (Å²) in [7, 11) is 0. The van der Waals surface area contributed by atoms with E-state index in [1.165, 1.54) is 42.1 Å². The molecule has 0 aliphatic carbocycles. The molecule has 2 heterocycles. The van der Waals surface area contributed by atoms with Gasteiger partial charge in [-0.3, -0.25) is 0 Å². The average molecular weight is 283 g/mol. The second kappa shape index (κ2) is 6.33. The van der Waals surface area contributed by atoms with Gasteiger partial charge in [0, 0.05) is 36.4 Å². The lowest BCUT2D eigenvalue weighted by atomic mass is 10.1. The van der Waals surface area contributed by atoms with Gasteiger partial charge in [-0.1, -0.05) is 18.9 Å². The fourth-order valence-corrected chi connectivity index (χ4v) is 3.11. The Morgan fingerprint density at radius 3 is 2.52 bits per heavy atom. The molecule has 1 aliphatic rings. The first-order valence-corrected chi connectivity index (χ1v) is 8.14. The van der Waals surface area contributed by atoms with Gasteiger partial charge in [0.25, 0.3) is 0 Å². The van der Waals surface area contributed by atoms with Crippen molar-refractivity contribution in [2.75, 3.05) is 23.3 Å². The third-order valence-electron chi connectivity index (χ3n) is 4.11. The first-order chi connectivity index (χ1) is 10.2. The standard InChI is InChI=1S/C18H25N3/c1-14(2)20-16-8-7-15-9-10-19-18(17(15)13-16)21-11-5-3-4-6-12-21/h7-10,13-14,20H,3-6,11-12H2,1-2H3. The maximum atomic E-state index is 4.69. The molecule has 1 aliphatic heterocycles. The van der Waals surface area contributed by atoms with Crippen LogP contribution in [0.15, 0.2) is 30.5 Å². The number of anilines is 2. The van der Waals surface area contributed by atoms with Gasteiger partial charge >= 0.3 is 0 Å². The van der Waals surface area contributed by atoms with E-state index in [1.807, 2.05) is 6.20 Å². The Morgan fingerprint density at radius 2 is 1.81 bits per heavy atom. The summed E-state index contributed by atoms with van der Waals surface area (Å²) in [5.41, 5.74) is 1.18. The number of aromatic nitrogens is 1. The third kappa shape index (κ3) is 3.29. The summed E-state index contributed by atoms with van der Waals surface area (Å²) in [4.78, 5) is 7.16. The van der Waals surface area contributed by atoms with E-state index in [9.17, 15) is 0 Å². The van der Waals surface area contributed by atoms with Crippen LogP contribution in [0.3, 0.4) is 0 Å². The van der Waals surface area contributed by atoms with Crippen molar-refractivity contribution in [3.05, 3.63) is 30.5 Å². The fourth-order valence-electron chi connectivity index (χ4n) is 3.11. The predicted molar refractivity (Wildman–Crippen MR) is 91.2 cm³/mol. The molecule has 0 atom stereocenters. The minimum atomic E-state index is 0.445. The first-order valence-electron chi connectivity index (χ1n) is 8.14. The van der Waals surface area contributed by atoms with E-state index < -0.39 is 0 Å². The molecule has 1 aromatic carbocycles. The number of hydrogen-bond donors (Lipinski definition) is 1. The summed E-state index contributed by atoms with van der Waals surface area (Å²) in [6.45, 7) is 6.61. The maximum Gasteiger partial charge on any atom is 0.136 e. The van der Waals surface area contributed by atoms with Crippen molar-refractivity contribution in [3.8, 4) is 0 Å². The lowest BCUT2D eigenvalue weighted by Gasteiger charge is -2.23. The molecule has 1 saturated heterocycles. The van der Waals surface area contributed by atoms with Gasteiger partial charge in [0.05, 0.1) is 0 Å². The van der Waals surface area contributed by atoms with Gasteiger partial charge < -0.3 is 10.2 Å². The molecule has 0 unspecified atom stereocenters. The molecule has 0 saturated carbocycles. The van der Waals surface area contributed by atoms with E-state index in [4.69, 9.17) is 4.98 Å². The number of nitrogens with one attached hydrogen (secondary N) is 1. The van der Waals surface area contributed by atoms with Crippen LogP contribution in [0.1, 0.15) is 39.5 Å². The second-order valence-electron chi connectivity index (χ2n) is 6.27. The fraction of sp³-hybridized carbons (Fsp3) is 0.500. The number of nitrogens with zero attached hydrogens (tertiary/aromatic N) is 2. The quantitative estimate of drug-likeness (QED) is 0.903. The van der Waals surface area contributed by atoms with Crippen molar-refractivity contribution in [1.29, 1.82) is 0 Å². The van der Waals surface area contributed by atoms with Gasteiger partial charge in [0.2, 0.25) is 0 Å². The molecule has 1 fully saturated rings.